The fourth-order valence-corrected chi connectivity index (χ4v) is 4.44. The second kappa shape index (κ2) is 7.65. The Morgan fingerprint density at radius 1 is 1.31 bits per heavy atom. The summed E-state index contributed by atoms with van der Waals surface area (Å²) in [6.07, 6.45) is 4.91. The SMILES string of the molecule is O=C(CSc1nnc(COc2ccccc2F)o1)NC1CC2CCC1C2. The van der Waals surface area contributed by atoms with E-state index in [0.717, 1.165) is 12.3 Å². The third kappa shape index (κ3) is 4.00. The van der Waals surface area contributed by atoms with Gasteiger partial charge in [0.05, 0.1) is 5.75 Å². The molecule has 2 aliphatic carbocycles. The summed E-state index contributed by atoms with van der Waals surface area (Å²) in [5, 5.41) is 11.2. The molecule has 138 valence electrons. The summed E-state index contributed by atoms with van der Waals surface area (Å²) < 4.78 is 24.2. The van der Waals surface area contributed by atoms with E-state index in [4.69, 9.17) is 9.15 Å². The van der Waals surface area contributed by atoms with Gasteiger partial charge in [-0.2, -0.15) is 0 Å². The summed E-state index contributed by atoms with van der Waals surface area (Å²) in [6.45, 7) is -0.0220. The third-order valence-electron chi connectivity index (χ3n) is 5.05. The molecule has 2 bridgehead atoms. The Kier molecular flexibility index (Phi) is 5.10. The molecule has 1 amide bonds. The normalized spacial score (nSPS) is 24.0. The number of hydrogen-bond acceptors (Lipinski definition) is 6. The standard InChI is InChI=1S/C18H20FN3O3S/c19-13-3-1-2-4-15(13)24-9-17-21-22-18(25-17)26-10-16(23)20-14-8-11-5-6-12(14)7-11/h1-4,11-12,14H,5-10H2,(H,20,23). The van der Waals surface area contributed by atoms with Gasteiger partial charge in [0.1, 0.15) is 0 Å². The molecule has 0 radical (unpaired) electrons. The van der Waals surface area contributed by atoms with Crippen LogP contribution in [0.4, 0.5) is 4.39 Å². The lowest BCUT2D eigenvalue weighted by atomic mass is 9.95. The van der Waals surface area contributed by atoms with Crippen molar-refractivity contribution >= 4 is 17.7 Å². The summed E-state index contributed by atoms with van der Waals surface area (Å²) in [7, 11) is 0. The van der Waals surface area contributed by atoms with Gasteiger partial charge in [0.15, 0.2) is 18.2 Å². The smallest absolute Gasteiger partial charge is 0.277 e. The van der Waals surface area contributed by atoms with Crippen LogP contribution in [0.15, 0.2) is 33.9 Å². The van der Waals surface area contributed by atoms with E-state index in [1.54, 1.807) is 12.1 Å². The number of aromatic nitrogens is 2. The number of thioether (sulfide) groups is 1. The van der Waals surface area contributed by atoms with E-state index in [1.807, 2.05) is 0 Å². The highest BCUT2D eigenvalue weighted by Gasteiger charge is 2.40. The van der Waals surface area contributed by atoms with E-state index in [1.165, 1.54) is 43.2 Å². The molecule has 0 aliphatic heterocycles. The molecule has 2 fully saturated rings. The molecule has 6 nitrogen and oxygen atoms in total. The van der Waals surface area contributed by atoms with Gasteiger partial charge in [0, 0.05) is 6.04 Å². The van der Waals surface area contributed by atoms with E-state index in [-0.39, 0.29) is 29.9 Å². The number of ether oxygens (including phenoxy) is 1. The van der Waals surface area contributed by atoms with Gasteiger partial charge >= 0.3 is 0 Å². The van der Waals surface area contributed by atoms with Crippen LogP contribution in [0, 0.1) is 17.7 Å². The zero-order valence-corrected chi connectivity index (χ0v) is 15.0. The first kappa shape index (κ1) is 17.3. The summed E-state index contributed by atoms with van der Waals surface area (Å²) in [5.74, 6) is 1.61. The Labute approximate surface area is 154 Å². The van der Waals surface area contributed by atoms with E-state index in [0.29, 0.717) is 17.2 Å². The van der Waals surface area contributed by atoms with Crippen LogP contribution in [0.1, 0.15) is 31.6 Å². The number of nitrogens with zero attached hydrogens (tertiary/aromatic N) is 2. The Balaban J connectivity index is 1.22. The second-order valence-corrected chi connectivity index (χ2v) is 7.74. The van der Waals surface area contributed by atoms with Crippen LogP contribution in [0.3, 0.4) is 0 Å². The number of carbonyl (C=O) groups excluding carboxylic acids is 1. The molecule has 26 heavy (non-hydrogen) atoms. The molecule has 1 N–H and O–H groups in total. The number of hydrogen-bond donors (Lipinski definition) is 1. The van der Waals surface area contributed by atoms with Crippen molar-refractivity contribution in [3.63, 3.8) is 0 Å². The van der Waals surface area contributed by atoms with Crippen LogP contribution in [0.5, 0.6) is 5.75 Å². The number of amides is 1. The molecule has 1 aromatic carbocycles. The lowest BCUT2D eigenvalue weighted by molar-refractivity contribution is -0.119. The molecule has 3 atom stereocenters. The van der Waals surface area contributed by atoms with Crippen molar-refractivity contribution in [3.8, 4) is 5.75 Å². The van der Waals surface area contributed by atoms with Gasteiger partial charge in [-0.05, 0) is 43.2 Å². The maximum atomic E-state index is 13.5. The van der Waals surface area contributed by atoms with Gasteiger partial charge in [-0.3, -0.25) is 4.79 Å². The van der Waals surface area contributed by atoms with E-state index in [2.05, 4.69) is 15.5 Å². The fraction of sp³-hybridized carbons (Fsp3) is 0.500. The third-order valence-corrected chi connectivity index (χ3v) is 5.87. The van der Waals surface area contributed by atoms with Gasteiger partial charge in [-0.15, -0.1) is 10.2 Å². The van der Waals surface area contributed by atoms with Crippen LogP contribution in [-0.4, -0.2) is 27.9 Å². The first-order chi connectivity index (χ1) is 12.7. The molecule has 1 aromatic heterocycles. The van der Waals surface area contributed by atoms with Gasteiger partial charge in [0.2, 0.25) is 5.91 Å². The van der Waals surface area contributed by atoms with Gasteiger partial charge in [-0.1, -0.05) is 30.3 Å². The number of halogens is 1. The summed E-state index contributed by atoms with van der Waals surface area (Å²) in [6, 6.07) is 6.45. The predicted octanol–water partition coefficient (Wildman–Crippen LogP) is 3.18. The number of para-hydroxylation sites is 1. The number of fused-ring (bicyclic) bond motifs is 2. The van der Waals surface area contributed by atoms with Crippen molar-refractivity contribution in [2.75, 3.05) is 5.75 Å². The summed E-state index contributed by atoms with van der Waals surface area (Å²) in [5.41, 5.74) is 0. The van der Waals surface area contributed by atoms with Gasteiger partial charge in [0.25, 0.3) is 11.1 Å². The number of nitrogens with one attached hydrogen (secondary N) is 1. The molecule has 2 aromatic rings. The summed E-state index contributed by atoms with van der Waals surface area (Å²) in [4.78, 5) is 12.1. The van der Waals surface area contributed by atoms with Crippen LogP contribution in [-0.2, 0) is 11.4 Å². The van der Waals surface area contributed by atoms with Crippen molar-refractivity contribution in [2.24, 2.45) is 11.8 Å². The molecule has 8 heteroatoms. The largest absolute Gasteiger partial charge is 0.481 e. The molecule has 4 rings (SSSR count). The van der Waals surface area contributed by atoms with Crippen LogP contribution >= 0.6 is 11.8 Å². The van der Waals surface area contributed by atoms with Crippen LogP contribution in [0.25, 0.3) is 0 Å². The predicted molar refractivity (Wildman–Crippen MR) is 93.1 cm³/mol. The van der Waals surface area contributed by atoms with Crippen molar-refractivity contribution in [1.29, 1.82) is 0 Å². The molecular weight excluding hydrogens is 357 g/mol. The lowest BCUT2D eigenvalue weighted by Crippen LogP contribution is -2.39. The zero-order chi connectivity index (χ0) is 17.9. The molecular formula is C18H20FN3O3S. The van der Waals surface area contributed by atoms with Crippen LogP contribution < -0.4 is 10.1 Å². The minimum absolute atomic E-state index is 0.00472. The first-order valence-electron chi connectivity index (χ1n) is 8.79. The number of benzene rings is 1. The Morgan fingerprint density at radius 2 is 2.19 bits per heavy atom. The van der Waals surface area contributed by atoms with Crippen molar-refractivity contribution in [2.45, 2.75) is 43.6 Å². The Morgan fingerprint density at radius 3 is 2.96 bits per heavy atom. The Bertz CT molecular complexity index is 785. The van der Waals surface area contributed by atoms with Crippen molar-refractivity contribution in [1.82, 2.24) is 15.5 Å². The minimum Gasteiger partial charge on any atom is -0.481 e. The van der Waals surface area contributed by atoms with E-state index in [9.17, 15) is 9.18 Å². The van der Waals surface area contributed by atoms with E-state index >= 15 is 0 Å². The molecule has 1 heterocycles. The minimum atomic E-state index is -0.445. The average molecular weight is 377 g/mol. The van der Waals surface area contributed by atoms with Crippen LogP contribution in [0.2, 0.25) is 0 Å². The molecule has 2 aliphatic rings. The maximum absolute atomic E-state index is 13.5. The molecule has 0 spiro atoms. The Hall–Kier alpha value is -2.09. The highest BCUT2D eigenvalue weighted by atomic mass is 32.2. The zero-order valence-electron chi connectivity index (χ0n) is 14.2. The highest BCUT2D eigenvalue weighted by Crippen LogP contribution is 2.44. The maximum Gasteiger partial charge on any atom is 0.277 e. The van der Waals surface area contributed by atoms with Crippen molar-refractivity contribution in [3.05, 3.63) is 36.0 Å². The first-order valence-corrected chi connectivity index (χ1v) is 9.78. The topological polar surface area (TPSA) is 77.2 Å². The van der Waals surface area contributed by atoms with Crippen molar-refractivity contribution < 1.29 is 18.3 Å². The number of rotatable bonds is 7. The van der Waals surface area contributed by atoms with E-state index < -0.39 is 5.82 Å². The quantitative estimate of drug-likeness (QED) is 0.747. The fourth-order valence-electron chi connectivity index (χ4n) is 3.85. The molecule has 0 saturated heterocycles. The second-order valence-electron chi connectivity index (χ2n) is 6.82. The molecule has 3 unspecified atom stereocenters. The monoisotopic (exact) mass is 377 g/mol. The average Bonchev–Trinajstić information content (AvgIpc) is 3.36. The van der Waals surface area contributed by atoms with Gasteiger partial charge < -0.3 is 14.5 Å². The lowest BCUT2D eigenvalue weighted by Gasteiger charge is -2.22. The molecule has 2 saturated carbocycles. The summed E-state index contributed by atoms with van der Waals surface area (Å²) >= 11 is 1.20. The van der Waals surface area contributed by atoms with Gasteiger partial charge in [-0.25, -0.2) is 4.39 Å². The highest BCUT2D eigenvalue weighted by molar-refractivity contribution is 7.99. The number of carbonyl (C=O) groups is 1.